The predicted molar refractivity (Wildman–Crippen MR) is 29.9 cm³/mol. The monoisotopic (exact) mass is 108 g/mol. The van der Waals surface area contributed by atoms with E-state index in [9.17, 15) is 4.79 Å². The van der Waals surface area contributed by atoms with Gasteiger partial charge in [0.25, 0.3) is 5.91 Å². The highest BCUT2D eigenvalue weighted by Crippen LogP contribution is 2.08. The molecule has 0 atom stereocenters. The number of carbonyl (C=O) groups is 1. The van der Waals surface area contributed by atoms with E-state index in [0.717, 1.165) is 0 Å². The molecule has 1 aliphatic carbocycles. The second kappa shape index (κ2) is 1.82. The summed E-state index contributed by atoms with van der Waals surface area (Å²) >= 11 is 0. The summed E-state index contributed by atoms with van der Waals surface area (Å²) in [7, 11) is 0. The van der Waals surface area contributed by atoms with Crippen molar-refractivity contribution in [3.63, 3.8) is 0 Å². The molecular weight excluding hydrogens is 102 g/mol. The van der Waals surface area contributed by atoms with E-state index in [0.29, 0.717) is 12.0 Å². The van der Waals surface area contributed by atoms with E-state index in [1.54, 1.807) is 12.2 Å². The van der Waals surface area contributed by atoms with Gasteiger partial charge in [0.2, 0.25) is 0 Å². The van der Waals surface area contributed by atoms with Crippen molar-refractivity contribution in [2.24, 2.45) is 0 Å². The molecule has 0 spiro atoms. The van der Waals surface area contributed by atoms with E-state index in [4.69, 9.17) is 5.73 Å². The molecule has 0 unspecified atom stereocenters. The topological polar surface area (TPSA) is 40.9 Å². The van der Waals surface area contributed by atoms with Crippen LogP contribution in [0.5, 0.6) is 0 Å². The van der Waals surface area contributed by atoms with Crippen LogP contribution >= 0.6 is 0 Å². The first-order valence-corrected chi connectivity index (χ1v) is 2.42. The van der Waals surface area contributed by atoms with E-state index >= 15 is 0 Å². The molecule has 41 valence electrons. The average molecular weight is 108 g/mol. The third kappa shape index (κ3) is 0.780. The van der Waals surface area contributed by atoms with Gasteiger partial charge in [-0.3, -0.25) is 10.5 Å². The molecule has 0 aromatic rings. The minimum atomic E-state index is -0.560. The van der Waals surface area contributed by atoms with Crippen LogP contribution in [0.3, 0.4) is 0 Å². The predicted octanol–water partition coefficient (Wildman–Crippen LogP) is 0.682. The Balaban J connectivity index is 2.64. The molecule has 0 fully saturated rings. The van der Waals surface area contributed by atoms with Gasteiger partial charge in [-0.05, 0) is 6.42 Å². The first-order chi connectivity index (χ1) is 3.80. The maximum Gasteiger partial charge on any atom is 0.265 e. The molecule has 8 heavy (non-hydrogen) atoms. The number of amides is 1. The molecule has 1 radical (unpaired) electrons. The Bertz CT molecular complexity index is 167. The standard InChI is InChI=1S/C6H6NO/c7-6(8)5-3-1-2-4-5/h1-3,7H,4H2. The number of allylic oxidation sites excluding steroid dienone is 3. The number of nitrogens with one attached hydrogen (secondary N) is 1. The number of hydrogen-bond donors (Lipinski definition) is 0. The highest BCUT2D eigenvalue weighted by Gasteiger charge is 2.04. The van der Waals surface area contributed by atoms with E-state index < -0.39 is 5.91 Å². The van der Waals surface area contributed by atoms with Crippen LogP contribution in [0.4, 0.5) is 0 Å². The Morgan fingerprint density at radius 3 is 2.75 bits per heavy atom. The van der Waals surface area contributed by atoms with Crippen molar-refractivity contribution in [3.05, 3.63) is 23.8 Å². The van der Waals surface area contributed by atoms with E-state index in [2.05, 4.69) is 0 Å². The first-order valence-electron chi connectivity index (χ1n) is 2.42. The zero-order valence-electron chi connectivity index (χ0n) is 4.35. The van der Waals surface area contributed by atoms with Crippen LogP contribution in [0.25, 0.3) is 0 Å². The van der Waals surface area contributed by atoms with E-state index in [1.807, 2.05) is 6.08 Å². The molecular formula is C6H6NO. The summed E-state index contributed by atoms with van der Waals surface area (Å²) in [6.07, 6.45) is 5.97. The van der Waals surface area contributed by atoms with Gasteiger partial charge in [0.1, 0.15) is 0 Å². The van der Waals surface area contributed by atoms with Gasteiger partial charge in [-0.1, -0.05) is 18.2 Å². The van der Waals surface area contributed by atoms with Gasteiger partial charge in [-0.25, -0.2) is 0 Å². The SMILES string of the molecule is [NH]C(=O)C1=CC=CC1. The van der Waals surface area contributed by atoms with Crippen molar-refractivity contribution in [1.82, 2.24) is 5.73 Å². The summed E-state index contributed by atoms with van der Waals surface area (Å²) in [6, 6.07) is 0. The molecule has 1 N–H and O–H groups in total. The Morgan fingerprint density at radius 1 is 1.75 bits per heavy atom. The molecule has 1 amide bonds. The van der Waals surface area contributed by atoms with Crippen molar-refractivity contribution in [3.8, 4) is 0 Å². The summed E-state index contributed by atoms with van der Waals surface area (Å²) in [5.74, 6) is -0.560. The Labute approximate surface area is 47.7 Å². The molecule has 0 heterocycles. The second-order valence-corrected chi connectivity index (χ2v) is 1.65. The molecule has 1 aliphatic rings. The lowest BCUT2D eigenvalue weighted by Gasteiger charge is -1.87. The van der Waals surface area contributed by atoms with Crippen molar-refractivity contribution in [2.45, 2.75) is 6.42 Å². The Hall–Kier alpha value is -1.05. The fourth-order valence-corrected chi connectivity index (χ4v) is 0.616. The van der Waals surface area contributed by atoms with Crippen molar-refractivity contribution in [1.29, 1.82) is 0 Å². The highest BCUT2D eigenvalue weighted by atomic mass is 16.1. The number of carbonyl (C=O) groups excluding carboxylic acids is 1. The smallest absolute Gasteiger partial charge is 0.265 e. The summed E-state index contributed by atoms with van der Waals surface area (Å²) in [5, 5.41) is 0. The van der Waals surface area contributed by atoms with Crippen molar-refractivity contribution in [2.75, 3.05) is 0 Å². The van der Waals surface area contributed by atoms with Gasteiger partial charge in [-0.2, -0.15) is 0 Å². The summed E-state index contributed by atoms with van der Waals surface area (Å²) < 4.78 is 0. The van der Waals surface area contributed by atoms with Gasteiger partial charge >= 0.3 is 0 Å². The van der Waals surface area contributed by atoms with Gasteiger partial charge in [0.05, 0.1) is 0 Å². The van der Waals surface area contributed by atoms with Crippen LogP contribution in [0, 0.1) is 0 Å². The third-order valence-electron chi connectivity index (χ3n) is 1.06. The first kappa shape index (κ1) is 5.09. The van der Waals surface area contributed by atoms with Gasteiger partial charge in [0.15, 0.2) is 0 Å². The quantitative estimate of drug-likeness (QED) is 0.487. The lowest BCUT2D eigenvalue weighted by Crippen LogP contribution is -1.99. The maximum atomic E-state index is 10.2. The molecule has 2 nitrogen and oxygen atoms in total. The summed E-state index contributed by atoms with van der Waals surface area (Å²) in [5.41, 5.74) is 7.22. The maximum absolute atomic E-state index is 10.2. The van der Waals surface area contributed by atoms with Crippen LogP contribution in [0.1, 0.15) is 6.42 Å². The zero-order chi connectivity index (χ0) is 5.98. The third-order valence-corrected chi connectivity index (χ3v) is 1.06. The normalized spacial score (nSPS) is 16.2. The highest BCUT2D eigenvalue weighted by molar-refractivity contribution is 5.92. The minimum Gasteiger partial charge on any atom is -0.268 e. The molecule has 0 saturated carbocycles. The summed E-state index contributed by atoms with van der Waals surface area (Å²) in [6.45, 7) is 0. The summed E-state index contributed by atoms with van der Waals surface area (Å²) in [4.78, 5) is 10.2. The molecule has 1 rings (SSSR count). The van der Waals surface area contributed by atoms with Crippen molar-refractivity contribution >= 4 is 5.91 Å². The molecule has 0 aromatic heterocycles. The molecule has 0 saturated heterocycles. The molecule has 0 aliphatic heterocycles. The van der Waals surface area contributed by atoms with Gasteiger partial charge in [-0.15, -0.1) is 0 Å². The molecule has 2 heteroatoms. The fraction of sp³-hybridized carbons (Fsp3) is 0.167. The van der Waals surface area contributed by atoms with Crippen LogP contribution in [-0.4, -0.2) is 5.91 Å². The van der Waals surface area contributed by atoms with E-state index in [1.165, 1.54) is 0 Å². The Kier molecular flexibility index (Phi) is 1.16. The fourth-order valence-electron chi connectivity index (χ4n) is 0.616. The lowest BCUT2D eigenvalue weighted by molar-refractivity contribution is -0.115. The minimum absolute atomic E-state index is 0.560. The zero-order valence-corrected chi connectivity index (χ0v) is 4.35. The van der Waals surface area contributed by atoms with Crippen LogP contribution in [0.15, 0.2) is 23.8 Å². The van der Waals surface area contributed by atoms with Crippen molar-refractivity contribution < 1.29 is 4.79 Å². The number of hydrogen-bond acceptors (Lipinski definition) is 1. The lowest BCUT2D eigenvalue weighted by atomic mass is 10.2. The largest absolute Gasteiger partial charge is 0.268 e. The van der Waals surface area contributed by atoms with Crippen LogP contribution < -0.4 is 5.73 Å². The van der Waals surface area contributed by atoms with Gasteiger partial charge in [0, 0.05) is 5.57 Å². The molecule has 0 aromatic carbocycles. The second-order valence-electron chi connectivity index (χ2n) is 1.65. The Morgan fingerprint density at radius 2 is 2.50 bits per heavy atom. The van der Waals surface area contributed by atoms with E-state index in [-0.39, 0.29) is 0 Å². The number of rotatable bonds is 1. The van der Waals surface area contributed by atoms with Crippen LogP contribution in [0.2, 0.25) is 0 Å². The molecule has 0 bridgehead atoms. The average Bonchev–Trinajstić information content (AvgIpc) is 2.12. The van der Waals surface area contributed by atoms with Gasteiger partial charge < -0.3 is 0 Å². The van der Waals surface area contributed by atoms with Crippen LogP contribution in [-0.2, 0) is 4.79 Å².